The Labute approximate surface area is 103 Å². The highest BCUT2D eigenvalue weighted by molar-refractivity contribution is 7.80. The highest BCUT2D eigenvalue weighted by Gasteiger charge is 2.07. The van der Waals surface area contributed by atoms with Gasteiger partial charge in [-0.25, -0.2) is 9.97 Å². The average molecular weight is 252 g/mol. The zero-order valence-electron chi connectivity index (χ0n) is 9.04. The average Bonchev–Trinajstić information content (AvgIpc) is 2.87. The minimum atomic E-state index is 0.439. The van der Waals surface area contributed by atoms with Crippen LogP contribution in [-0.2, 0) is 0 Å². The fourth-order valence-corrected chi connectivity index (χ4v) is 2.28. The molecule has 2 rings (SSSR count). The number of hydrogen-bond donors (Lipinski definition) is 1. The first-order valence-electron chi connectivity index (χ1n) is 4.91. The van der Waals surface area contributed by atoms with Gasteiger partial charge in [-0.05, 0) is 18.1 Å². The van der Waals surface area contributed by atoms with Crippen LogP contribution in [0.2, 0.25) is 0 Å². The molecule has 0 aliphatic heterocycles. The number of nitrogens with zero attached hydrogens (tertiary/aromatic N) is 3. The Morgan fingerprint density at radius 3 is 2.94 bits per heavy atom. The predicted octanol–water partition coefficient (Wildman–Crippen LogP) is 2.71. The lowest BCUT2D eigenvalue weighted by molar-refractivity contribution is 0.834. The van der Waals surface area contributed by atoms with Crippen LogP contribution in [0.15, 0.2) is 24.1 Å². The summed E-state index contributed by atoms with van der Waals surface area (Å²) in [6, 6.07) is 0. The summed E-state index contributed by atoms with van der Waals surface area (Å²) in [5, 5.41) is 6.53. The van der Waals surface area contributed by atoms with Gasteiger partial charge in [-0.1, -0.05) is 13.8 Å². The highest BCUT2D eigenvalue weighted by atomic mass is 32.1. The molecular formula is C10H12N4S2. The quantitative estimate of drug-likeness (QED) is 0.835. The third-order valence-electron chi connectivity index (χ3n) is 2.07. The van der Waals surface area contributed by atoms with Crippen LogP contribution >= 0.6 is 23.6 Å². The topological polar surface area (TPSA) is 42.7 Å². The highest BCUT2D eigenvalue weighted by Crippen LogP contribution is 2.21. The summed E-state index contributed by atoms with van der Waals surface area (Å²) in [7, 11) is 0. The maximum absolute atomic E-state index is 5.21. The Bertz CT molecular complexity index is 473. The van der Waals surface area contributed by atoms with Gasteiger partial charge in [0.1, 0.15) is 6.33 Å². The third-order valence-corrected chi connectivity index (χ3v) is 3.16. The zero-order valence-corrected chi connectivity index (χ0v) is 10.7. The number of thiocarbonyl (C=S) groups is 1. The summed E-state index contributed by atoms with van der Waals surface area (Å²) in [5.41, 5.74) is 1.08. The van der Waals surface area contributed by atoms with Crippen LogP contribution in [0.25, 0.3) is 0 Å². The normalized spacial score (nSPS) is 10.7. The van der Waals surface area contributed by atoms with Gasteiger partial charge in [-0.3, -0.25) is 4.57 Å². The van der Waals surface area contributed by atoms with Gasteiger partial charge in [0.15, 0.2) is 10.2 Å². The summed E-state index contributed by atoms with van der Waals surface area (Å²) in [6.07, 6.45) is 5.15. The second kappa shape index (κ2) is 4.71. The van der Waals surface area contributed by atoms with Crippen molar-refractivity contribution in [2.75, 3.05) is 5.32 Å². The van der Waals surface area contributed by atoms with E-state index in [1.54, 1.807) is 34.6 Å². The second-order valence-corrected chi connectivity index (χ2v) is 4.88. The van der Waals surface area contributed by atoms with Gasteiger partial charge in [0, 0.05) is 17.8 Å². The van der Waals surface area contributed by atoms with Gasteiger partial charge >= 0.3 is 0 Å². The van der Waals surface area contributed by atoms with Crippen molar-refractivity contribution in [2.24, 2.45) is 0 Å². The zero-order chi connectivity index (χ0) is 11.5. The van der Waals surface area contributed by atoms with Crippen LogP contribution in [0.5, 0.6) is 0 Å². The van der Waals surface area contributed by atoms with Crippen molar-refractivity contribution in [3.63, 3.8) is 0 Å². The Morgan fingerprint density at radius 1 is 1.56 bits per heavy atom. The molecule has 6 heteroatoms. The summed E-state index contributed by atoms with van der Waals surface area (Å²) >= 11 is 6.77. The minimum absolute atomic E-state index is 0.439. The van der Waals surface area contributed by atoms with E-state index in [2.05, 4.69) is 29.1 Å². The van der Waals surface area contributed by atoms with Crippen LogP contribution in [0, 0.1) is 0 Å². The van der Waals surface area contributed by atoms with Crippen molar-refractivity contribution in [1.82, 2.24) is 14.5 Å². The van der Waals surface area contributed by atoms with E-state index in [0.29, 0.717) is 11.0 Å². The lowest BCUT2D eigenvalue weighted by Crippen LogP contribution is -2.17. The maximum Gasteiger partial charge on any atom is 0.189 e. The van der Waals surface area contributed by atoms with Crippen molar-refractivity contribution in [3.05, 3.63) is 29.8 Å². The molecule has 0 saturated carbocycles. The van der Waals surface area contributed by atoms with E-state index >= 15 is 0 Å². The predicted molar refractivity (Wildman–Crippen MR) is 70.0 cm³/mol. The molecule has 4 nitrogen and oxygen atoms in total. The van der Waals surface area contributed by atoms with Gasteiger partial charge in [-0.15, -0.1) is 11.3 Å². The molecule has 0 amide bonds. The first-order valence-corrected chi connectivity index (χ1v) is 6.20. The minimum Gasteiger partial charge on any atom is -0.308 e. The molecule has 0 fully saturated rings. The molecule has 2 aromatic heterocycles. The van der Waals surface area contributed by atoms with Gasteiger partial charge in [-0.2, -0.15) is 0 Å². The van der Waals surface area contributed by atoms with Crippen molar-refractivity contribution in [1.29, 1.82) is 0 Å². The number of nitrogens with one attached hydrogen (secondary N) is 1. The molecule has 0 atom stereocenters. The first-order chi connectivity index (χ1) is 7.66. The molecule has 0 bridgehead atoms. The fourth-order valence-electron chi connectivity index (χ4n) is 1.14. The number of thiazole rings is 1. The van der Waals surface area contributed by atoms with Crippen LogP contribution in [0.3, 0.4) is 0 Å². The lowest BCUT2D eigenvalue weighted by atomic mass is 10.2. The Morgan fingerprint density at radius 2 is 2.38 bits per heavy atom. The Balaban J connectivity index is 2.07. The maximum atomic E-state index is 5.21. The van der Waals surface area contributed by atoms with Gasteiger partial charge in [0.05, 0.1) is 5.69 Å². The van der Waals surface area contributed by atoms with Crippen LogP contribution in [0.4, 0.5) is 5.13 Å². The van der Waals surface area contributed by atoms with Crippen LogP contribution in [-0.4, -0.2) is 19.6 Å². The van der Waals surface area contributed by atoms with Crippen LogP contribution in [0.1, 0.15) is 25.5 Å². The monoisotopic (exact) mass is 252 g/mol. The molecule has 0 saturated heterocycles. The summed E-state index contributed by atoms with van der Waals surface area (Å²) in [5.74, 6) is 0.439. The van der Waals surface area contributed by atoms with E-state index in [1.807, 2.05) is 5.38 Å². The largest absolute Gasteiger partial charge is 0.308 e. The Hall–Kier alpha value is -1.27. The third kappa shape index (κ3) is 2.45. The molecule has 0 aliphatic carbocycles. The molecular weight excluding hydrogens is 240 g/mol. The van der Waals surface area contributed by atoms with E-state index in [4.69, 9.17) is 12.2 Å². The fraction of sp³-hybridized carbons (Fsp3) is 0.300. The number of anilines is 1. The van der Waals surface area contributed by atoms with E-state index in [-0.39, 0.29) is 0 Å². The summed E-state index contributed by atoms with van der Waals surface area (Å²) in [4.78, 5) is 8.38. The van der Waals surface area contributed by atoms with Crippen molar-refractivity contribution in [2.45, 2.75) is 19.8 Å². The van der Waals surface area contributed by atoms with Gasteiger partial charge in [0.2, 0.25) is 0 Å². The first kappa shape index (κ1) is 11.2. The molecule has 0 spiro atoms. The molecule has 0 radical (unpaired) electrons. The molecule has 2 heterocycles. The van der Waals surface area contributed by atoms with Crippen molar-refractivity contribution < 1.29 is 0 Å². The summed E-state index contributed by atoms with van der Waals surface area (Å²) < 4.78 is 1.74. The number of imidazole rings is 1. The molecule has 0 aromatic carbocycles. The number of rotatable bonds is 2. The Kier molecular flexibility index (Phi) is 3.31. The molecule has 0 unspecified atom stereocenters. The number of aromatic nitrogens is 3. The SMILES string of the molecule is CC(C)c1csc(NC(=S)n2ccnc2)n1. The second-order valence-electron chi connectivity index (χ2n) is 3.63. The van der Waals surface area contributed by atoms with Gasteiger partial charge < -0.3 is 5.32 Å². The number of hydrogen-bond acceptors (Lipinski definition) is 4. The molecule has 1 N–H and O–H groups in total. The van der Waals surface area contributed by atoms with Crippen molar-refractivity contribution in [3.8, 4) is 0 Å². The van der Waals surface area contributed by atoms with Crippen LogP contribution < -0.4 is 5.32 Å². The molecule has 0 aliphatic rings. The molecule has 2 aromatic rings. The molecule has 16 heavy (non-hydrogen) atoms. The molecule has 84 valence electrons. The van der Waals surface area contributed by atoms with Gasteiger partial charge in [0.25, 0.3) is 0 Å². The smallest absolute Gasteiger partial charge is 0.189 e. The summed E-state index contributed by atoms with van der Waals surface area (Å²) in [6.45, 7) is 4.24. The van der Waals surface area contributed by atoms with E-state index in [1.165, 1.54) is 0 Å². The van der Waals surface area contributed by atoms with Crippen molar-refractivity contribution >= 4 is 33.8 Å². The van der Waals surface area contributed by atoms with E-state index in [9.17, 15) is 0 Å². The standard InChI is InChI=1S/C10H12N4S2/c1-7(2)8-5-16-9(12-8)13-10(15)14-4-3-11-6-14/h3-7H,1-2H3,(H,12,13,15). The van der Waals surface area contributed by atoms with E-state index < -0.39 is 0 Å². The van der Waals surface area contributed by atoms with E-state index in [0.717, 1.165) is 10.8 Å². The lowest BCUT2D eigenvalue weighted by Gasteiger charge is -2.04.